The second-order valence-electron chi connectivity index (χ2n) is 2.40. The first kappa shape index (κ1) is 9.92. The zero-order valence-corrected chi connectivity index (χ0v) is 8.02. The van der Waals surface area contributed by atoms with E-state index >= 15 is 0 Å². The third-order valence-electron chi connectivity index (χ3n) is 1.28. The molecule has 0 amide bonds. The van der Waals surface area contributed by atoms with Crippen molar-refractivity contribution < 1.29 is 4.43 Å². The standard InChI is InChI=1S/C8H17OSi/c1-4-6-7-9-10(3)8-5-2/h5H,2,4,6-8H2,1,3H3. The third-order valence-corrected chi connectivity index (χ3v) is 2.84. The highest BCUT2D eigenvalue weighted by molar-refractivity contribution is 6.50. The first-order valence-corrected chi connectivity index (χ1v) is 5.99. The minimum absolute atomic E-state index is 0.531. The molecule has 59 valence electrons. The molecule has 0 bridgehead atoms. The maximum Gasteiger partial charge on any atom is 0.212 e. The summed E-state index contributed by atoms with van der Waals surface area (Å²) < 4.78 is 5.55. The van der Waals surface area contributed by atoms with Gasteiger partial charge in [0.25, 0.3) is 0 Å². The highest BCUT2D eigenvalue weighted by atomic mass is 28.3. The number of hydrogen-bond donors (Lipinski definition) is 0. The van der Waals surface area contributed by atoms with Crippen molar-refractivity contribution in [3.8, 4) is 0 Å². The van der Waals surface area contributed by atoms with Crippen molar-refractivity contribution in [3.05, 3.63) is 12.7 Å². The Bertz CT molecular complexity index is 83.3. The van der Waals surface area contributed by atoms with Crippen LogP contribution in [0.2, 0.25) is 12.6 Å². The molecule has 0 aliphatic carbocycles. The van der Waals surface area contributed by atoms with Gasteiger partial charge in [-0.3, -0.25) is 0 Å². The smallest absolute Gasteiger partial charge is 0.212 e. The van der Waals surface area contributed by atoms with Crippen LogP contribution >= 0.6 is 0 Å². The Morgan fingerprint density at radius 2 is 2.30 bits per heavy atom. The number of rotatable bonds is 6. The molecule has 2 heteroatoms. The van der Waals surface area contributed by atoms with Crippen molar-refractivity contribution in [1.82, 2.24) is 0 Å². The topological polar surface area (TPSA) is 9.23 Å². The molecule has 0 fully saturated rings. The van der Waals surface area contributed by atoms with Crippen molar-refractivity contribution in [2.24, 2.45) is 0 Å². The van der Waals surface area contributed by atoms with Crippen LogP contribution < -0.4 is 0 Å². The van der Waals surface area contributed by atoms with Crippen molar-refractivity contribution in [3.63, 3.8) is 0 Å². The van der Waals surface area contributed by atoms with E-state index in [1.54, 1.807) is 0 Å². The molecule has 0 aromatic heterocycles. The summed E-state index contributed by atoms with van der Waals surface area (Å²) in [5.74, 6) is 0. The van der Waals surface area contributed by atoms with Gasteiger partial charge < -0.3 is 4.43 Å². The van der Waals surface area contributed by atoms with E-state index in [2.05, 4.69) is 20.0 Å². The molecule has 0 spiro atoms. The minimum atomic E-state index is -0.531. The quantitative estimate of drug-likeness (QED) is 0.327. The SMILES string of the molecule is C=CC[Si](C)OCCCC. The summed E-state index contributed by atoms with van der Waals surface area (Å²) in [6.07, 6.45) is 4.36. The summed E-state index contributed by atoms with van der Waals surface area (Å²) in [4.78, 5) is 0. The average Bonchev–Trinajstić information content (AvgIpc) is 1.89. The molecule has 0 rings (SSSR count). The Morgan fingerprint density at radius 1 is 1.60 bits per heavy atom. The first-order chi connectivity index (χ1) is 4.81. The first-order valence-electron chi connectivity index (χ1n) is 3.87. The zero-order valence-electron chi connectivity index (χ0n) is 7.02. The van der Waals surface area contributed by atoms with Gasteiger partial charge in [0, 0.05) is 6.61 Å². The maximum absolute atomic E-state index is 5.55. The summed E-state index contributed by atoms with van der Waals surface area (Å²) >= 11 is 0. The van der Waals surface area contributed by atoms with Gasteiger partial charge in [-0.1, -0.05) is 19.4 Å². The van der Waals surface area contributed by atoms with Crippen molar-refractivity contribution in [2.75, 3.05) is 6.61 Å². The van der Waals surface area contributed by atoms with Gasteiger partial charge in [-0.05, 0) is 19.0 Å². The molecule has 10 heavy (non-hydrogen) atoms. The molecule has 0 saturated heterocycles. The molecule has 1 nitrogen and oxygen atoms in total. The third kappa shape index (κ3) is 6.04. The summed E-state index contributed by atoms with van der Waals surface area (Å²) in [6.45, 7) is 8.98. The fourth-order valence-corrected chi connectivity index (χ4v) is 1.67. The summed E-state index contributed by atoms with van der Waals surface area (Å²) in [6, 6.07) is 1.06. The van der Waals surface area contributed by atoms with Crippen LogP contribution in [0.25, 0.3) is 0 Å². The Kier molecular flexibility index (Phi) is 6.97. The minimum Gasteiger partial charge on any atom is -0.417 e. The van der Waals surface area contributed by atoms with Crippen LogP contribution in [0.4, 0.5) is 0 Å². The monoisotopic (exact) mass is 157 g/mol. The van der Waals surface area contributed by atoms with E-state index in [1.807, 2.05) is 6.08 Å². The molecule has 0 aromatic carbocycles. The lowest BCUT2D eigenvalue weighted by atomic mass is 10.4. The highest BCUT2D eigenvalue weighted by Crippen LogP contribution is 1.96. The average molecular weight is 157 g/mol. The van der Waals surface area contributed by atoms with Gasteiger partial charge in [-0.2, -0.15) is 0 Å². The number of unbranched alkanes of at least 4 members (excludes halogenated alkanes) is 1. The summed E-state index contributed by atoms with van der Waals surface area (Å²) in [7, 11) is -0.531. The molecular formula is C8H17OSi. The van der Waals surface area contributed by atoms with E-state index in [0.29, 0.717) is 0 Å². The molecule has 0 saturated carbocycles. The van der Waals surface area contributed by atoms with Crippen molar-refractivity contribution in [1.29, 1.82) is 0 Å². The predicted molar refractivity (Wildman–Crippen MR) is 47.5 cm³/mol. The molecule has 0 heterocycles. The lowest BCUT2D eigenvalue weighted by Crippen LogP contribution is -2.12. The van der Waals surface area contributed by atoms with Crippen molar-refractivity contribution in [2.45, 2.75) is 32.4 Å². The molecule has 0 N–H and O–H groups in total. The normalized spacial score (nSPS) is 10.3. The van der Waals surface area contributed by atoms with Gasteiger partial charge in [0.1, 0.15) is 0 Å². The van der Waals surface area contributed by atoms with Gasteiger partial charge in [-0.15, -0.1) is 6.58 Å². The van der Waals surface area contributed by atoms with Crippen LogP contribution in [-0.2, 0) is 4.43 Å². The van der Waals surface area contributed by atoms with Crippen LogP contribution in [0, 0.1) is 0 Å². The summed E-state index contributed by atoms with van der Waals surface area (Å²) in [5.41, 5.74) is 0. The second-order valence-corrected chi connectivity index (χ2v) is 4.50. The van der Waals surface area contributed by atoms with Crippen LogP contribution in [0.15, 0.2) is 12.7 Å². The molecule has 0 aliphatic heterocycles. The summed E-state index contributed by atoms with van der Waals surface area (Å²) in [5, 5.41) is 0. The van der Waals surface area contributed by atoms with Gasteiger partial charge >= 0.3 is 0 Å². The van der Waals surface area contributed by atoms with Gasteiger partial charge in [0.05, 0.1) is 0 Å². The van der Waals surface area contributed by atoms with E-state index in [9.17, 15) is 0 Å². The van der Waals surface area contributed by atoms with Crippen molar-refractivity contribution >= 4 is 9.04 Å². The molecular weight excluding hydrogens is 140 g/mol. The van der Waals surface area contributed by atoms with E-state index in [4.69, 9.17) is 4.43 Å². The zero-order chi connectivity index (χ0) is 7.82. The van der Waals surface area contributed by atoms with E-state index in [1.165, 1.54) is 12.8 Å². The van der Waals surface area contributed by atoms with E-state index < -0.39 is 9.04 Å². The predicted octanol–water partition coefficient (Wildman–Crippen LogP) is 2.61. The van der Waals surface area contributed by atoms with Crippen LogP contribution in [0.5, 0.6) is 0 Å². The Labute approximate surface area is 65.8 Å². The lowest BCUT2D eigenvalue weighted by Gasteiger charge is -2.06. The van der Waals surface area contributed by atoms with Gasteiger partial charge in [-0.25, -0.2) is 0 Å². The number of allylic oxidation sites excluding steroid dienone is 1. The lowest BCUT2D eigenvalue weighted by molar-refractivity contribution is 0.315. The van der Waals surface area contributed by atoms with Crippen LogP contribution in [0.3, 0.4) is 0 Å². The van der Waals surface area contributed by atoms with Gasteiger partial charge in [0.15, 0.2) is 0 Å². The molecule has 0 unspecified atom stereocenters. The largest absolute Gasteiger partial charge is 0.417 e. The molecule has 0 aromatic rings. The number of hydrogen-bond acceptors (Lipinski definition) is 1. The molecule has 0 aliphatic rings. The Morgan fingerprint density at radius 3 is 2.80 bits per heavy atom. The van der Waals surface area contributed by atoms with Crippen LogP contribution in [0.1, 0.15) is 19.8 Å². The van der Waals surface area contributed by atoms with Crippen LogP contribution in [-0.4, -0.2) is 15.6 Å². The maximum atomic E-state index is 5.55. The Balaban J connectivity index is 3.04. The molecule has 1 radical (unpaired) electrons. The highest BCUT2D eigenvalue weighted by Gasteiger charge is 2.00. The van der Waals surface area contributed by atoms with Gasteiger partial charge in [0.2, 0.25) is 9.04 Å². The molecule has 0 atom stereocenters. The van der Waals surface area contributed by atoms with E-state index in [-0.39, 0.29) is 0 Å². The Hall–Kier alpha value is -0.0831. The fraction of sp³-hybridized carbons (Fsp3) is 0.750. The van der Waals surface area contributed by atoms with E-state index in [0.717, 1.165) is 12.7 Å². The second kappa shape index (κ2) is 7.03. The fourth-order valence-electron chi connectivity index (χ4n) is 0.653.